The number of rotatable bonds is 8. The molecule has 1 N–H and O–H groups in total. The van der Waals surface area contributed by atoms with Gasteiger partial charge in [-0.25, -0.2) is 0 Å². The number of fused-ring (bicyclic) bond motifs is 1. The van der Waals surface area contributed by atoms with Gasteiger partial charge in [-0.1, -0.05) is 11.2 Å². The van der Waals surface area contributed by atoms with Gasteiger partial charge in [0, 0.05) is 50.1 Å². The number of hydrogen-bond donors (Lipinski definition) is 1. The molecule has 1 aliphatic heterocycles. The molecule has 35 heavy (non-hydrogen) atoms. The molecule has 2 aromatic heterocycles. The van der Waals surface area contributed by atoms with Crippen molar-refractivity contribution in [1.82, 2.24) is 19.9 Å². The summed E-state index contributed by atoms with van der Waals surface area (Å²) in [6.07, 6.45) is 6.14. The smallest absolute Gasteiger partial charge is 0.304 e. The van der Waals surface area contributed by atoms with E-state index in [1.807, 2.05) is 6.92 Å². The number of piperidine rings is 1. The molecule has 0 bridgehead atoms. The molecule has 1 unspecified atom stereocenters. The Hall–Kier alpha value is -2.55. The number of likely N-dealkylation sites (tertiary alicyclic amines) is 1. The fourth-order valence-electron chi connectivity index (χ4n) is 6.14. The highest BCUT2D eigenvalue weighted by atomic mass is 19.3. The Balaban J connectivity index is 1.07. The standard InChI is InChI=1S/C26H34F2N4O3/c1-3-32-20(5-4-6-23(32)33)24(34)29-19-9-7-17(8-10-19)11-12-31-15-18-14-26(18,16-31)21-13-22(35-30-21)25(2,27)28/h4-6,13,17-19H,3,7-12,14-16H2,1-2H3,(H,29,34)/t17?,18?,19?,26-/m0/s1. The monoisotopic (exact) mass is 488 g/mol. The molecule has 0 aromatic carbocycles. The Labute approximate surface area is 203 Å². The van der Waals surface area contributed by atoms with E-state index >= 15 is 0 Å². The van der Waals surface area contributed by atoms with Gasteiger partial charge in [0.2, 0.25) is 5.76 Å². The van der Waals surface area contributed by atoms with E-state index in [1.165, 1.54) is 16.7 Å². The van der Waals surface area contributed by atoms with Crippen molar-refractivity contribution in [3.8, 4) is 0 Å². The number of carbonyl (C=O) groups excluding carboxylic acids is 1. The third kappa shape index (κ3) is 4.79. The molecule has 3 aliphatic rings. The molecule has 2 saturated carbocycles. The lowest BCUT2D eigenvalue weighted by Gasteiger charge is -2.30. The van der Waals surface area contributed by atoms with Crippen molar-refractivity contribution in [2.75, 3.05) is 19.6 Å². The summed E-state index contributed by atoms with van der Waals surface area (Å²) in [7, 11) is 0. The molecule has 190 valence electrons. The van der Waals surface area contributed by atoms with Gasteiger partial charge in [0.05, 0.1) is 5.69 Å². The highest BCUT2D eigenvalue weighted by molar-refractivity contribution is 5.92. The molecule has 2 atom stereocenters. The summed E-state index contributed by atoms with van der Waals surface area (Å²) >= 11 is 0. The third-order valence-electron chi connectivity index (χ3n) is 8.30. The van der Waals surface area contributed by atoms with Gasteiger partial charge in [-0.2, -0.15) is 8.78 Å². The fraction of sp³-hybridized carbons (Fsp3) is 0.654. The SMILES string of the molecule is CCn1c(C(=O)NC2CCC(CCN3CC4C[C@]4(c4cc(C(C)(F)F)on4)C3)CC2)cccc1=O. The van der Waals surface area contributed by atoms with Crippen LogP contribution in [0.3, 0.4) is 0 Å². The molecule has 1 saturated heterocycles. The van der Waals surface area contributed by atoms with Crippen molar-refractivity contribution in [3.63, 3.8) is 0 Å². The van der Waals surface area contributed by atoms with Crippen LogP contribution in [-0.4, -0.2) is 46.2 Å². The van der Waals surface area contributed by atoms with Crippen molar-refractivity contribution < 1.29 is 18.1 Å². The molecule has 0 spiro atoms. The Bertz CT molecular complexity index is 1130. The van der Waals surface area contributed by atoms with Gasteiger partial charge >= 0.3 is 5.92 Å². The average molecular weight is 489 g/mol. The largest absolute Gasteiger partial charge is 0.355 e. The lowest BCUT2D eigenvalue weighted by molar-refractivity contribution is -0.0105. The zero-order valence-corrected chi connectivity index (χ0v) is 20.4. The van der Waals surface area contributed by atoms with Crippen molar-refractivity contribution >= 4 is 5.91 Å². The fourth-order valence-corrected chi connectivity index (χ4v) is 6.14. The van der Waals surface area contributed by atoms with Crippen molar-refractivity contribution in [2.24, 2.45) is 11.8 Å². The van der Waals surface area contributed by atoms with Crippen LogP contribution in [0.25, 0.3) is 0 Å². The minimum absolute atomic E-state index is 0.105. The van der Waals surface area contributed by atoms with Crippen LogP contribution in [0.1, 0.15) is 74.3 Å². The van der Waals surface area contributed by atoms with Crippen LogP contribution in [-0.2, 0) is 17.9 Å². The predicted molar refractivity (Wildman–Crippen MR) is 127 cm³/mol. The van der Waals surface area contributed by atoms with Gasteiger partial charge in [-0.05, 0) is 69.9 Å². The second kappa shape index (κ2) is 9.15. The first kappa shape index (κ1) is 24.2. The minimum Gasteiger partial charge on any atom is -0.355 e. The summed E-state index contributed by atoms with van der Waals surface area (Å²) in [6.45, 7) is 6.03. The molecule has 5 rings (SSSR count). The number of halogens is 2. The van der Waals surface area contributed by atoms with Crippen molar-refractivity contribution in [3.05, 3.63) is 51.8 Å². The first-order chi connectivity index (χ1) is 16.7. The highest BCUT2D eigenvalue weighted by Gasteiger charge is 2.62. The van der Waals surface area contributed by atoms with Crippen molar-refractivity contribution in [1.29, 1.82) is 0 Å². The van der Waals surface area contributed by atoms with Gasteiger partial charge in [0.1, 0.15) is 5.69 Å². The number of alkyl halides is 2. The maximum Gasteiger partial charge on any atom is 0.304 e. The number of hydrogen-bond acceptors (Lipinski definition) is 5. The molecule has 7 nitrogen and oxygen atoms in total. The summed E-state index contributed by atoms with van der Waals surface area (Å²) in [5, 5.41) is 7.12. The number of aromatic nitrogens is 2. The van der Waals surface area contributed by atoms with Crippen LogP contribution in [0.2, 0.25) is 0 Å². The first-order valence-electron chi connectivity index (χ1n) is 12.8. The van der Waals surface area contributed by atoms with E-state index < -0.39 is 5.92 Å². The quantitative estimate of drug-likeness (QED) is 0.609. The Kier molecular flexibility index (Phi) is 6.32. The number of pyridine rings is 1. The van der Waals surface area contributed by atoms with E-state index in [0.29, 0.717) is 29.8 Å². The third-order valence-corrected chi connectivity index (χ3v) is 8.30. The topological polar surface area (TPSA) is 80.4 Å². The zero-order valence-electron chi connectivity index (χ0n) is 20.4. The Morgan fingerprint density at radius 1 is 1.29 bits per heavy atom. The number of nitrogens with zero attached hydrogens (tertiary/aromatic N) is 3. The molecular formula is C26H34F2N4O3. The van der Waals surface area contributed by atoms with Crippen molar-refractivity contribution in [2.45, 2.75) is 76.3 Å². The molecule has 3 fully saturated rings. The molecule has 0 radical (unpaired) electrons. The van der Waals surface area contributed by atoms with Gasteiger partial charge in [0.15, 0.2) is 0 Å². The summed E-state index contributed by atoms with van der Waals surface area (Å²) in [4.78, 5) is 27.2. The van der Waals surface area contributed by atoms with Gasteiger partial charge < -0.3 is 19.3 Å². The van der Waals surface area contributed by atoms with E-state index in [0.717, 1.165) is 65.1 Å². The van der Waals surface area contributed by atoms with E-state index in [9.17, 15) is 18.4 Å². The van der Waals surface area contributed by atoms with E-state index in [1.54, 1.807) is 12.1 Å². The minimum atomic E-state index is -3.00. The maximum absolute atomic E-state index is 13.5. The predicted octanol–water partition coefficient (Wildman–Crippen LogP) is 3.92. The Morgan fingerprint density at radius 3 is 2.74 bits per heavy atom. The van der Waals surface area contributed by atoms with Crippen LogP contribution >= 0.6 is 0 Å². The normalized spacial score (nSPS) is 28.6. The molecule has 3 heterocycles. The average Bonchev–Trinajstić information content (AvgIpc) is 3.16. The van der Waals surface area contributed by atoms with Crippen LogP contribution in [0.5, 0.6) is 0 Å². The molecule has 9 heteroatoms. The zero-order chi connectivity index (χ0) is 24.8. The van der Waals surface area contributed by atoms with Gasteiger partial charge in [-0.15, -0.1) is 0 Å². The van der Waals surface area contributed by atoms with E-state index in [4.69, 9.17) is 4.52 Å². The van der Waals surface area contributed by atoms with Crippen LogP contribution in [0.15, 0.2) is 33.6 Å². The van der Waals surface area contributed by atoms with Gasteiger partial charge in [0.25, 0.3) is 11.5 Å². The van der Waals surface area contributed by atoms with Crippen LogP contribution in [0.4, 0.5) is 8.78 Å². The van der Waals surface area contributed by atoms with Crippen LogP contribution in [0, 0.1) is 11.8 Å². The van der Waals surface area contributed by atoms with E-state index in [2.05, 4.69) is 15.4 Å². The maximum atomic E-state index is 13.5. The van der Waals surface area contributed by atoms with Crippen LogP contribution < -0.4 is 10.9 Å². The van der Waals surface area contributed by atoms with E-state index in [-0.39, 0.29) is 28.7 Å². The lowest BCUT2D eigenvalue weighted by atomic mass is 9.84. The molecule has 2 aromatic rings. The number of amides is 1. The number of carbonyl (C=O) groups is 1. The Morgan fingerprint density at radius 2 is 2.06 bits per heavy atom. The number of nitrogens with one attached hydrogen (secondary N) is 1. The van der Waals surface area contributed by atoms with Gasteiger partial charge in [-0.3, -0.25) is 9.59 Å². The summed E-state index contributed by atoms with van der Waals surface area (Å²) in [5.74, 6) is -2.42. The second-order valence-corrected chi connectivity index (χ2v) is 10.7. The second-order valence-electron chi connectivity index (χ2n) is 10.7. The molecule has 2 aliphatic carbocycles. The molecule has 1 amide bonds. The summed E-state index contributed by atoms with van der Waals surface area (Å²) in [5.41, 5.74) is 0.846. The summed E-state index contributed by atoms with van der Waals surface area (Å²) < 4.78 is 33.5. The first-order valence-corrected chi connectivity index (χ1v) is 12.8. The lowest BCUT2D eigenvalue weighted by Crippen LogP contribution is -2.40. The highest BCUT2D eigenvalue weighted by Crippen LogP contribution is 2.59. The molecular weight excluding hydrogens is 454 g/mol. The summed E-state index contributed by atoms with van der Waals surface area (Å²) in [6, 6.07) is 6.40.